The van der Waals surface area contributed by atoms with Crippen LogP contribution in [0, 0.1) is 0 Å². The van der Waals surface area contributed by atoms with Crippen LogP contribution in [0.5, 0.6) is 0 Å². The van der Waals surface area contributed by atoms with Crippen LogP contribution < -0.4 is 31.1 Å². The standard InChI is InChI=1S/C74H71BN4OS/c1-69(2,3)44-29-33-56-52(39-44)71(7)35-15-17-37-73(71,9)78(56)46-31-32-54-59(41-46)76(58-26-20-23-49-48-21-11-13-27-62(48)80-67(49)58)60-42-47(79-57-34-30-45(70(4,5)6)40-53(57)72(8)36-16-18-38-74(72,79)10)43-61-64(60)75(54)55-25-19-24-51-65(55)77(61)66-50-22-12-14-28-63(50)81-68(51)66/h11-14,19-34,39-43H,15-18,35-38H2,1-10H3. The van der Waals surface area contributed by atoms with E-state index in [0.717, 1.165) is 40.5 Å². The first-order valence-corrected chi connectivity index (χ1v) is 31.1. The Hall–Kier alpha value is -7.22. The number of nitrogens with zero attached hydrogens (tertiary/aromatic N) is 4. The van der Waals surface area contributed by atoms with Gasteiger partial charge in [-0.2, -0.15) is 0 Å². The predicted molar refractivity (Wildman–Crippen MR) is 346 cm³/mol. The Morgan fingerprint density at radius 2 is 1.05 bits per heavy atom. The van der Waals surface area contributed by atoms with Crippen molar-refractivity contribution in [2.75, 3.05) is 14.7 Å². The van der Waals surface area contributed by atoms with Crippen molar-refractivity contribution in [3.8, 4) is 5.69 Å². The third-order valence-electron chi connectivity index (χ3n) is 22.2. The lowest BCUT2D eigenvalue weighted by Gasteiger charge is -2.51. The molecular weight excluding hydrogens is 1000 g/mol. The van der Waals surface area contributed by atoms with Gasteiger partial charge in [0.15, 0.2) is 5.58 Å². The Morgan fingerprint density at radius 3 is 1.74 bits per heavy atom. The molecule has 11 aromatic rings. The second-order valence-electron chi connectivity index (χ2n) is 28.3. The van der Waals surface area contributed by atoms with Crippen LogP contribution in [-0.2, 0) is 21.7 Å². The van der Waals surface area contributed by atoms with Gasteiger partial charge in [-0.25, -0.2) is 0 Å². The van der Waals surface area contributed by atoms with E-state index in [9.17, 15) is 0 Å². The molecule has 4 aliphatic heterocycles. The van der Waals surface area contributed by atoms with Crippen molar-refractivity contribution in [1.29, 1.82) is 0 Å². The molecule has 7 heterocycles. The number of para-hydroxylation sites is 3. The summed E-state index contributed by atoms with van der Waals surface area (Å²) in [6.45, 7) is 24.6. The first kappa shape index (κ1) is 48.5. The number of anilines is 7. The molecule has 0 N–H and O–H groups in total. The molecule has 81 heavy (non-hydrogen) atoms. The first-order chi connectivity index (χ1) is 38.9. The highest BCUT2D eigenvalue weighted by atomic mass is 32.1. The fourth-order valence-corrected chi connectivity index (χ4v) is 18.7. The molecule has 0 spiro atoms. The highest BCUT2D eigenvalue weighted by Crippen LogP contribution is 2.64. The van der Waals surface area contributed by atoms with Gasteiger partial charge in [-0.05, 0) is 144 Å². The quantitative estimate of drug-likeness (QED) is 0.165. The van der Waals surface area contributed by atoms with E-state index in [1.807, 2.05) is 11.3 Å². The monoisotopic (exact) mass is 1070 g/mol. The summed E-state index contributed by atoms with van der Waals surface area (Å²) in [5.74, 6) is 0. The molecule has 17 rings (SSSR count). The Balaban J connectivity index is 1.00. The first-order valence-electron chi connectivity index (χ1n) is 30.3. The molecule has 2 aliphatic carbocycles. The molecule has 8 aromatic carbocycles. The van der Waals surface area contributed by atoms with E-state index >= 15 is 0 Å². The molecular formula is C74H71BN4OS. The van der Waals surface area contributed by atoms with Crippen molar-refractivity contribution in [3.63, 3.8) is 0 Å². The summed E-state index contributed by atoms with van der Waals surface area (Å²) in [4.78, 5) is 8.31. The minimum atomic E-state index is -0.172. The Bertz CT molecular complexity index is 4580. The van der Waals surface area contributed by atoms with Gasteiger partial charge in [0, 0.05) is 76.9 Å². The molecule has 6 aliphatic rings. The molecule has 7 heteroatoms. The van der Waals surface area contributed by atoms with E-state index < -0.39 is 0 Å². The number of rotatable bonds is 3. The number of hydrogen-bond donors (Lipinski definition) is 0. The van der Waals surface area contributed by atoms with Gasteiger partial charge in [0.1, 0.15) is 5.58 Å². The van der Waals surface area contributed by atoms with Crippen LogP contribution in [0.2, 0.25) is 0 Å². The maximum Gasteiger partial charge on any atom is 0.252 e. The van der Waals surface area contributed by atoms with E-state index in [0.29, 0.717) is 0 Å². The smallest absolute Gasteiger partial charge is 0.252 e. The zero-order valence-corrected chi connectivity index (χ0v) is 49.6. The van der Waals surface area contributed by atoms with Gasteiger partial charge in [0.2, 0.25) is 0 Å². The van der Waals surface area contributed by atoms with E-state index in [2.05, 4.69) is 240 Å². The van der Waals surface area contributed by atoms with Crippen LogP contribution >= 0.6 is 11.3 Å². The number of fused-ring (bicyclic) bond motifs is 18. The molecule has 0 saturated heterocycles. The van der Waals surface area contributed by atoms with E-state index in [4.69, 9.17) is 4.42 Å². The number of benzene rings is 8. The minimum absolute atomic E-state index is 0.0153. The predicted octanol–water partition coefficient (Wildman–Crippen LogP) is 18.6. The van der Waals surface area contributed by atoms with Gasteiger partial charge < -0.3 is 23.7 Å². The second kappa shape index (κ2) is 15.9. The van der Waals surface area contributed by atoms with Gasteiger partial charge in [-0.15, -0.1) is 11.3 Å². The Morgan fingerprint density at radius 1 is 0.469 bits per heavy atom. The lowest BCUT2D eigenvalue weighted by molar-refractivity contribution is 0.195. The molecule has 0 radical (unpaired) electrons. The van der Waals surface area contributed by atoms with Crippen molar-refractivity contribution in [3.05, 3.63) is 174 Å². The van der Waals surface area contributed by atoms with Crippen molar-refractivity contribution < 1.29 is 4.42 Å². The highest BCUT2D eigenvalue weighted by Gasteiger charge is 2.60. The molecule has 2 fully saturated rings. The number of thiophene rings is 1. The topological polar surface area (TPSA) is 27.8 Å². The van der Waals surface area contributed by atoms with E-state index in [1.54, 1.807) is 0 Å². The molecule has 4 unspecified atom stereocenters. The van der Waals surface area contributed by atoms with E-state index in [1.165, 1.54) is 148 Å². The summed E-state index contributed by atoms with van der Waals surface area (Å²) in [6, 6.07) is 59.8. The number of furan rings is 1. The third-order valence-corrected chi connectivity index (χ3v) is 23.4. The zero-order valence-electron chi connectivity index (χ0n) is 48.8. The van der Waals surface area contributed by atoms with Crippen molar-refractivity contribution >= 4 is 127 Å². The number of aromatic nitrogens is 1. The molecule has 402 valence electrons. The zero-order chi connectivity index (χ0) is 55.1. The van der Waals surface area contributed by atoms with Crippen molar-refractivity contribution in [2.45, 2.75) is 153 Å². The SMILES string of the molecule is CC(C)(C)c1ccc2c(c1)C1(C)CCCCC1(C)N2c1ccc2c(c1)N(c1cccc3c1oc1ccccc13)c1cc(N3c4ccc(C(C)(C)C)cc4C4(C)CCCCC34C)cc3c1B2c1cccc2c4sc5ccccc5c4n-3c12. The average molecular weight is 1080 g/mol. The Labute approximate surface area is 481 Å². The van der Waals surface area contributed by atoms with Gasteiger partial charge in [0.05, 0.1) is 32.5 Å². The maximum absolute atomic E-state index is 7.21. The Kier molecular flexibility index (Phi) is 9.49. The normalized spacial score (nSPS) is 23.6. The van der Waals surface area contributed by atoms with Crippen LogP contribution in [0.15, 0.2) is 156 Å². The summed E-state index contributed by atoms with van der Waals surface area (Å²) < 4.78 is 12.6. The van der Waals surface area contributed by atoms with Crippen molar-refractivity contribution in [2.24, 2.45) is 0 Å². The highest BCUT2D eigenvalue weighted by molar-refractivity contribution is 7.26. The molecule has 5 nitrogen and oxygen atoms in total. The van der Waals surface area contributed by atoms with Gasteiger partial charge in [-0.3, -0.25) is 0 Å². The van der Waals surface area contributed by atoms with Gasteiger partial charge >= 0.3 is 0 Å². The van der Waals surface area contributed by atoms with Crippen LogP contribution in [0.1, 0.15) is 143 Å². The fourth-order valence-electron chi connectivity index (χ4n) is 17.5. The number of hydrogen-bond acceptors (Lipinski definition) is 5. The average Bonchev–Trinajstić information content (AvgIpc) is 1.90. The van der Waals surface area contributed by atoms with Crippen LogP contribution in [0.4, 0.5) is 39.8 Å². The maximum atomic E-state index is 7.21. The third kappa shape index (κ3) is 6.04. The van der Waals surface area contributed by atoms with Crippen LogP contribution in [-0.4, -0.2) is 22.4 Å². The van der Waals surface area contributed by atoms with Crippen LogP contribution in [0.25, 0.3) is 58.8 Å². The molecule has 0 amide bonds. The summed E-state index contributed by atoms with van der Waals surface area (Å²) in [5.41, 5.74) is 24.1. The summed E-state index contributed by atoms with van der Waals surface area (Å²) in [7, 11) is 0. The molecule has 2 saturated carbocycles. The van der Waals surface area contributed by atoms with E-state index in [-0.39, 0.29) is 39.5 Å². The summed E-state index contributed by atoms with van der Waals surface area (Å²) >= 11 is 1.95. The summed E-state index contributed by atoms with van der Waals surface area (Å²) in [5, 5.41) is 4.94. The summed E-state index contributed by atoms with van der Waals surface area (Å²) in [6.07, 6.45) is 9.52. The molecule has 4 atom stereocenters. The van der Waals surface area contributed by atoms with Crippen molar-refractivity contribution in [1.82, 2.24) is 4.57 Å². The minimum Gasteiger partial charge on any atom is -0.454 e. The van der Waals surface area contributed by atoms with Gasteiger partial charge in [0.25, 0.3) is 6.71 Å². The molecule has 3 aromatic heterocycles. The fraction of sp³-hybridized carbons (Fsp3) is 0.324. The molecule has 0 bridgehead atoms. The van der Waals surface area contributed by atoms with Gasteiger partial charge in [-0.1, -0.05) is 178 Å². The van der Waals surface area contributed by atoms with Crippen LogP contribution in [0.3, 0.4) is 0 Å². The lowest BCUT2D eigenvalue weighted by atomic mass is 9.33. The largest absolute Gasteiger partial charge is 0.454 e. The lowest BCUT2D eigenvalue weighted by Crippen LogP contribution is -2.61. The second-order valence-corrected chi connectivity index (χ2v) is 29.3.